The predicted octanol–water partition coefficient (Wildman–Crippen LogP) is 4.75. The van der Waals surface area contributed by atoms with Crippen molar-refractivity contribution < 1.29 is 0 Å². The monoisotopic (exact) mass is 308 g/mol. The average molecular weight is 310 g/mol. The van der Waals surface area contributed by atoms with E-state index >= 15 is 0 Å². The summed E-state index contributed by atoms with van der Waals surface area (Å²) in [5.41, 5.74) is 0.521. The Balaban J connectivity index is 2.25. The highest BCUT2D eigenvalue weighted by atomic mass is 79.9. The topological polar surface area (TPSA) is 0 Å². The van der Waals surface area contributed by atoms with Crippen LogP contribution in [0.4, 0.5) is 0 Å². The lowest BCUT2D eigenvalue weighted by Gasteiger charge is -2.15. The number of rotatable bonds is 2. The van der Waals surface area contributed by atoms with Gasteiger partial charge in [0.15, 0.2) is 0 Å². The molecule has 1 atom stereocenters. The molecule has 0 aliphatic heterocycles. The Bertz CT molecular complexity index is 288. The van der Waals surface area contributed by atoms with Gasteiger partial charge in [-0.05, 0) is 45.6 Å². The smallest absolute Gasteiger partial charge is 0.0554 e. The molecular weight excluding hydrogens is 300 g/mol. The van der Waals surface area contributed by atoms with Crippen LogP contribution in [-0.4, -0.2) is 0 Å². The zero-order valence-corrected chi connectivity index (χ0v) is 10.8. The van der Waals surface area contributed by atoms with Gasteiger partial charge >= 0.3 is 0 Å². The van der Waals surface area contributed by atoms with Crippen LogP contribution in [-0.2, 0) is 0 Å². The second-order valence-corrected chi connectivity index (χ2v) is 6.37. The molecule has 1 aliphatic rings. The van der Waals surface area contributed by atoms with Crippen LogP contribution in [0.15, 0.2) is 15.9 Å². The Morgan fingerprint density at radius 3 is 2.67 bits per heavy atom. The third kappa shape index (κ3) is 1.51. The maximum Gasteiger partial charge on any atom is 0.0554 e. The van der Waals surface area contributed by atoms with Gasteiger partial charge in [-0.1, -0.05) is 22.9 Å². The third-order valence-electron chi connectivity index (χ3n) is 2.53. The van der Waals surface area contributed by atoms with Crippen molar-refractivity contribution in [3.8, 4) is 0 Å². The molecule has 1 heterocycles. The molecular formula is C9H10Br2S. The minimum absolute atomic E-state index is 0.521. The van der Waals surface area contributed by atoms with Gasteiger partial charge < -0.3 is 0 Å². The summed E-state index contributed by atoms with van der Waals surface area (Å²) in [6.45, 7) is 2.35. The lowest BCUT2D eigenvalue weighted by atomic mass is 10.0. The van der Waals surface area contributed by atoms with E-state index < -0.39 is 0 Å². The highest BCUT2D eigenvalue weighted by Crippen LogP contribution is 2.60. The summed E-state index contributed by atoms with van der Waals surface area (Å²) in [5.74, 6) is 0. The van der Waals surface area contributed by atoms with Gasteiger partial charge in [0, 0.05) is 9.35 Å². The van der Waals surface area contributed by atoms with Gasteiger partial charge in [0.05, 0.1) is 4.83 Å². The molecule has 2 rings (SSSR count). The van der Waals surface area contributed by atoms with Gasteiger partial charge in [-0.3, -0.25) is 0 Å². The molecule has 12 heavy (non-hydrogen) atoms. The molecule has 1 saturated carbocycles. The van der Waals surface area contributed by atoms with E-state index in [9.17, 15) is 0 Å². The normalized spacial score (nSPS) is 22.2. The van der Waals surface area contributed by atoms with Gasteiger partial charge in [-0.15, -0.1) is 11.3 Å². The summed E-state index contributed by atoms with van der Waals surface area (Å²) in [4.78, 5) is 1.98. The first-order valence-electron chi connectivity index (χ1n) is 4.00. The van der Waals surface area contributed by atoms with E-state index in [0.717, 1.165) is 0 Å². The molecule has 1 aromatic rings. The molecule has 0 radical (unpaired) electrons. The molecule has 1 fully saturated rings. The second kappa shape index (κ2) is 3.10. The standard InChI is InChI=1S/C9H10Br2S/c1-9(3-4-9)8(11)7-6(10)2-5-12-7/h2,5,8H,3-4H2,1H3. The molecule has 0 nitrogen and oxygen atoms in total. The van der Waals surface area contributed by atoms with Gasteiger partial charge in [0.2, 0.25) is 0 Å². The fourth-order valence-corrected chi connectivity index (χ4v) is 4.34. The zero-order chi connectivity index (χ0) is 8.77. The van der Waals surface area contributed by atoms with Gasteiger partial charge in [0.25, 0.3) is 0 Å². The Hall–Kier alpha value is 0.660. The fraction of sp³-hybridized carbons (Fsp3) is 0.556. The van der Waals surface area contributed by atoms with Crippen molar-refractivity contribution in [1.29, 1.82) is 0 Å². The molecule has 1 aromatic heterocycles. The van der Waals surface area contributed by atoms with E-state index in [2.05, 4.69) is 50.2 Å². The molecule has 0 amide bonds. The summed E-state index contributed by atoms with van der Waals surface area (Å²) < 4.78 is 1.25. The van der Waals surface area contributed by atoms with Crippen LogP contribution in [0, 0.1) is 5.41 Å². The van der Waals surface area contributed by atoms with Crippen LogP contribution in [0.3, 0.4) is 0 Å². The maximum atomic E-state index is 3.78. The Labute approximate surface area is 93.6 Å². The highest BCUT2D eigenvalue weighted by molar-refractivity contribution is 9.11. The van der Waals surface area contributed by atoms with Crippen LogP contribution in [0.5, 0.6) is 0 Å². The minimum atomic E-state index is 0.521. The number of alkyl halides is 1. The summed E-state index contributed by atoms with van der Waals surface area (Å²) >= 11 is 9.18. The summed E-state index contributed by atoms with van der Waals surface area (Å²) in [6, 6.07) is 2.12. The summed E-state index contributed by atoms with van der Waals surface area (Å²) in [7, 11) is 0. The molecule has 3 heteroatoms. The number of halogens is 2. The van der Waals surface area contributed by atoms with Crippen molar-refractivity contribution in [2.75, 3.05) is 0 Å². The van der Waals surface area contributed by atoms with Crippen molar-refractivity contribution in [3.63, 3.8) is 0 Å². The maximum absolute atomic E-state index is 3.78. The summed E-state index contributed by atoms with van der Waals surface area (Å²) in [5, 5.41) is 2.14. The second-order valence-electron chi connectivity index (χ2n) is 3.65. The zero-order valence-electron chi connectivity index (χ0n) is 6.81. The quantitative estimate of drug-likeness (QED) is 0.692. The number of thiophene rings is 1. The molecule has 66 valence electrons. The van der Waals surface area contributed by atoms with Crippen LogP contribution in [0.1, 0.15) is 29.5 Å². The molecule has 1 aliphatic carbocycles. The largest absolute Gasteiger partial charge is 0.146 e. The van der Waals surface area contributed by atoms with Crippen molar-refractivity contribution in [2.24, 2.45) is 5.41 Å². The van der Waals surface area contributed by atoms with E-state index in [4.69, 9.17) is 0 Å². The van der Waals surface area contributed by atoms with E-state index in [0.29, 0.717) is 10.2 Å². The number of hydrogen-bond donors (Lipinski definition) is 0. The minimum Gasteiger partial charge on any atom is -0.146 e. The molecule has 0 aromatic carbocycles. The number of hydrogen-bond acceptors (Lipinski definition) is 1. The van der Waals surface area contributed by atoms with E-state index in [-0.39, 0.29) is 0 Å². The van der Waals surface area contributed by atoms with Crippen LogP contribution in [0.2, 0.25) is 0 Å². The Morgan fingerprint density at radius 2 is 2.25 bits per heavy atom. The van der Waals surface area contributed by atoms with Crippen molar-refractivity contribution in [3.05, 3.63) is 20.8 Å². The average Bonchev–Trinajstić information content (AvgIpc) is 2.63. The van der Waals surface area contributed by atoms with Gasteiger partial charge in [-0.25, -0.2) is 0 Å². The first-order chi connectivity index (χ1) is 5.63. The van der Waals surface area contributed by atoms with Gasteiger partial charge in [0.1, 0.15) is 0 Å². The van der Waals surface area contributed by atoms with E-state index in [1.165, 1.54) is 22.2 Å². The van der Waals surface area contributed by atoms with Crippen molar-refractivity contribution >= 4 is 43.2 Å². The molecule has 0 saturated heterocycles. The van der Waals surface area contributed by atoms with Gasteiger partial charge in [-0.2, -0.15) is 0 Å². The molecule has 1 unspecified atom stereocenters. The van der Waals surface area contributed by atoms with Crippen molar-refractivity contribution in [2.45, 2.75) is 24.6 Å². The molecule has 0 N–H and O–H groups in total. The van der Waals surface area contributed by atoms with Crippen LogP contribution in [0.25, 0.3) is 0 Å². The first kappa shape index (κ1) is 9.22. The van der Waals surface area contributed by atoms with Crippen molar-refractivity contribution in [1.82, 2.24) is 0 Å². The van der Waals surface area contributed by atoms with Crippen LogP contribution >= 0.6 is 43.2 Å². The lowest BCUT2D eigenvalue weighted by Crippen LogP contribution is -2.01. The predicted molar refractivity (Wildman–Crippen MR) is 61.0 cm³/mol. The van der Waals surface area contributed by atoms with Crippen LogP contribution < -0.4 is 0 Å². The molecule has 0 bridgehead atoms. The first-order valence-corrected chi connectivity index (χ1v) is 6.59. The van der Waals surface area contributed by atoms with E-state index in [1.807, 2.05) is 11.3 Å². The molecule has 0 spiro atoms. The highest BCUT2D eigenvalue weighted by Gasteiger charge is 2.45. The SMILES string of the molecule is CC1(C(Br)c2sccc2Br)CC1. The third-order valence-corrected chi connectivity index (χ3v) is 6.33. The Kier molecular flexibility index (Phi) is 2.39. The fourth-order valence-electron chi connectivity index (χ4n) is 1.25. The lowest BCUT2D eigenvalue weighted by molar-refractivity contribution is 0.569. The van der Waals surface area contributed by atoms with E-state index in [1.54, 1.807) is 0 Å². The summed E-state index contributed by atoms with van der Waals surface area (Å²) in [6.07, 6.45) is 2.71. The Morgan fingerprint density at radius 1 is 1.58 bits per heavy atom.